The van der Waals surface area contributed by atoms with E-state index in [1.54, 1.807) is 0 Å². The van der Waals surface area contributed by atoms with E-state index in [-0.39, 0.29) is 23.8 Å². The highest BCUT2D eigenvalue weighted by Crippen LogP contribution is 2.19. The fourth-order valence-corrected chi connectivity index (χ4v) is 3.32. The first-order valence-corrected chi connectivity index (χ1v) is 9.10. The Bertz CT molecular complexity index is 375. The molecule has 2 N–H and O–H groups in total. The molecular formula is C17H31N3O3. The summed E-state index contributed by atoms with van der Waals surface area (Å²) in [4.78, 5) is 26.5. The quantitative estimate of drug-likeness (QED) is 0.683. The van der Waals surface area contributed by atoms with E-state index in [1.165, 1.54) is 0 Å². The molecule has 2 fully saturated rings. The van der Waals surface area contributed by atoms with Gasteiger partial charge < -0.3 is 20.3 Å². The Hall–Kier alpha value is -1.14. The Morgan fingerprint density at radius 2 is 2.00 bits per heavy atom. The van der Waals surface area contributed by atoms with Gasteiger partial charge in [-0.05, 0) is 45.6 Å². The highest BCUT2D eigenvalue weighted by molar-refractivity contribution is 5.83. The minimum absolute atomic E-state index is 0.00677. The van der Waals surface area contributed by atoms with E-state index in [9.17, 15) is 9.59 Å². The van der Waals surface area contributed by atoms with Gasteiger partial charge in [0.2, 0.25) is 11.8 Å². The number of likely N-dealkylation sites (tertiary alicyclic amines) is 1. The number of hydrogen-bond donors (Lipinski definition) is 2. The summed E-state index contributed by atoms with van der Waals surface area (Å²) in [5.41, 5.74) is 0. The molecule has 0 aromatic heterocycles. The first-order valence-electron chi connectivity index (χ1n) is 9.10. The summed E-state index contributed by atoms with van der Waals surface area (Å²) in [6.45, 7) is 6.40. The minimum atomic E-state index is -0.00677. The molecule has 2 saturated heterocycles. The van der Waals surface area contributed by atoms with E-state index in [2.05, 4.69) is 10.6 Å². The number of hydrogen-bond acceptors (Lipinski definition) is 4. The number of nitrogens with one attached hydrogen (secondary N) is 2. The van der Waals surface area contributed by atoms with Crippen molar-refractivity contribution in [2.24, 2.45) is 5.92 Å². The van der Waals surface area contributed by atoms with Crippen molar-refractivity contribution < 1.29 is 14.3 Å². The van der Waals surface area contributed by atoms with Gasteiger partial charge in [-0.15, -0.1) is 0 Å². The molecule has 1 unspecified atom stereocenters. The fourth-order valence-electron chi connectivity index (χ4n) is 3.32. The van der Waals surface area contributed by atoms with Gasteiger partial charge in [0.25, 0.3) is 0 Å². The van der Waals surface area contributed by atoms with Crippen molar-refractivity contribution in [1.82, 2.24) is 15.5 Å². The Balaban J connectivity index is 1.64. The zero-order valence-electron chi connectivity index (χ0n) is 14.3. The summed E-state index contributed by atoms with van der Waals surface area (Å²) in [6, 6.07) is -0.00677. The molecule has 0 bridgehead atoms. The Labute approximate surface area is 139 Å². The van der Waals surface area contributed by atoms with Gasteiger partial charge >= 0.3 is 0 Å². The van der Waals surface area contributed by atoms with Crippen LogP contribution < -0.4 is 10.6 Å². The molecule has 2 rings (SSSR count). The average molecular weight is 325 g/mol. The number of rotatable bonds is 7. The number of amides is 2. The number of piperidine rings is 2. The van der Waals surface area contributed by atoms with E-state index in [0.717, 1.165) is 51.7 Å². The van der Waals surface area contributed by atoms with Crippen molar-refractivity contribution in [2.75, 3.05) is 39.4 Å². The van der Waals surface area contributed by atoms with Crippen molar-refractivity contribution in [1.29, 1.82) is 0 Å². The van der Waals surface area contributed by atoms with Crippen LogP contribution in [-0.4, -0.2) is 62.1 Å². The van der Waals surface area contributed by atoms with Gasteiger partial charge in [-0.3, -0.25) is 9.59 Å². The van der Waals surface area contributed by atoms with Crippen LogP contribution in [0.2, 0.25) is 0 Å². The maximum atomic E-state index is 12.5. The maximum Gasteiger partial charge on any atom is 0.239 e. The molecule has 0 aromatic carbocycles. The summed E-state index contributed by atoms with van der Waals surface area (Å²) in [5.74, 6) is 0.398. The van der Waals surface area contributed by atoms with Crippen molar-refractivity contribution >= 4 is 11.8 Å². The maximum absolute atomic E-state index is 12.5. The summed E-state index contributed by atoms with van der Waals surface area (Å²) in [6.07, 6.45) is 5.63. The molecule has 6 heteroatoms. The number of carbonyl (C=O) groups is 2. The van der Waals surface area contributed by atoms with Gasteiger partial charge in [-0.2, -0.15) is 0 Å². The van der Waals surface area contributed by atoms with Crippen LogP contribution in [0.15, 0.2) is 0 Å². The van der Waals surface area contributed by atoms with Gasteiger partial charge in [0.15, 0.2) is 0 Å². The molecule has 0 radical (unpaired) electrons. The molecule has 23 heavy (non-hydrogen) atoms. The molecule has 0 spiro atoms. The number of nitrogens with zero attached hydrogens (tertiary/aromatic N) is 1. The zero-order valence-corrected chi connectivity index (χ0v) is 14.3. The lowest BCUT2D eigenvalue weighted by molar-refractivity contribution is -0.137. The van der Waals surface area contributed by atoms with Crippen LogP contribution in [0, 0.1) is 5.92 Å². The van der Waals surface area contributed by atoms with E-state index < -0.39 is 0 Å². The molecule has 6 nitrogen and oxygen atoms in total. The molecular weight excluding hydrogens is 294 g/mol. The Morgan fingerprint density at radius 3 is 2.65 bits per heavy atom. The monoisotopic (exact) mass is 325 g/mol. The topological polar surface area (TPSA) is 70.7 Å². The fraction of sp³-hybridized carbons (Fsp3) is 0.882. The molecule has 132 valence electrons. The summed E-state index contributed by atoms with van der Waals surface area (Å²) in [5, 5.41) is 6.30. The van der Waals surface area contributed by atoms with Crippen LogP contribution in [0.5, 0.6) is 0 Å². The second-order valence-electron chi connectivity index (χ2n) is 6.44. The summed E-state index contributed by atoms with van der Waals surface area (Å²) >= 11 is 0. The standard InChI is InChI=1S/C17H31N3O3/c1-2-23-13-5-10-19-16(21)14-7-11-20(12-8-14)17(22)15-6-3-4-9-18-15/h14-15,18H,2-13H2,1H3,(H,19,21). The zero-order chi connectivity index (χ0) is 16.5. The van der Waals surface area contributed by atoms with Crippen molar-refractivity contribution in [3.05, 3.63) is 0 Å². The highest BCUT2D eigenvalue weighted by atomic mass is 16.5. The van der Waals surface area contributed by atoms with Crippen LogP contribution >= 0.6 is 0 Å². The second kappa shape index (κ2) is 9.88. The van der Waals surface area contributed by atoms with E-state index in [4.69, 9.17) is 4.74 Å². The molecule has 0 saturated carbocycles. The molecule has 2 amide bonds. The molecule has 2 aliphatic rings. The SMILES string of the molecule is CCOCCCNC(=O)C1CCN(C(=O)C2CCCCN2)CC1. The lowest BCUT2D eigenvalue weighted by atomic mass is 9.94. The minimum Gasteiger partial charge on any atom is -0.382 e. The molecule has 1 atom stereocenters. The predicted octanol–water partition coefficient (Wildman–Crippen LogP) is 0.910. The second-order valence-corrected chi connectivity index (χ2v) is 6.44. The van der Waals surface area contributed by atoms with E-state index in [1.807, 2.05) is 11.8 Å². The molecule has 2 aliphatic heterocycles. The summed E-state index contributed by atoms with van der Waals surface area (Å²) in [7, 11) is 0. The number of carbonyl (C=O) groups excluding carboxylic acids is 2. The van der Waals surface area contributed by atoms with Gasteiger partial charge in [0.05, 0.1) is 6.04 Å². The number of ether oxygens (including phenoxy) is 1. The van der Waals surface area contributed by atoms with Crippen LogP contribution in [-0.2, 0) is 14.3 Å². The largest absolute Gasteiger partial charge is 0.382 e. The third-order valence-electron chi connectivity index (χ3n) is 4.75. The van der Waals surface area contributed by atoms with E-state index in [0.29, 0.717) is 26.2 Å². The van der Waals surface area contributed by atoms with Gasteiger partial charge in [0.1, 0.15) is 0 Å². The first kappa shape index (κ1) is 18.2. The molecule has 0 aromatic rings. The third kappa shape index (κ3) is 5.77. The van der Waals surface area contributed by atoms with Crippen LogP contribution in [0.3, 0.4) is 0 Å². The van der Waals surface area contributed by atoms with Gasteiger partial charge in [-0.1, -0.05) is 6.42 Å². The van der Waals surface area contributed by atoms with Gasteiger partial charge in [0, 0.05) is 38.8 Å². The van der Waals surface area contributed by atoms with E-state index >= 15 is 0 Å². The van der Waals surface area contributed by atoms with Crippen LogP contribution in [0.25, 0.3) is 0 Å². The lowest BCUT2D eigenvalue weighted by Gasteiger charge is -2.35. The highest BCUT2D eigenvalue weighted by Gasteiger charge is 2.31. The van der Waals surface area contributed by atoms with Crippen LogP contribution in [0.4, 0.5) is 0 Å². The average Bonchev–Trinajstić information content (AvgIpc) is 2.61. The van der Waals surface area contributed by atoms with Crippen LogP contribution in [0.1, 0.15) is 45.4 Å². The molecule has 2 heterocycles. The first-order chi connectivity index (χ1) is 11.2. The van der Waals surface area contributed by atoms with Crippen molar-refractivity contribution in [2.45, 2.75) is 51.5 Å². The Morgan fingerprint density at radius 1 is 1.22 bits per heavy atom. The van der Waals surface area contributed by atoms with Gasteiger partial charge in [-0.25, -0.2) is 0 Å². The Kier molecular flexibility index (Phi) is 7.82. The van der Waals surface area contributed by atoms with Crippen molar-refractivity contribution in [3.8, 4) is 0 Å². The normalized spacial score (nSPS) is 22.8. The van der Waals surface area contributed by atoms with Crippen molar-refractivity contribution in [3.63, 3.8) is 0 Å². The predicted molar refractivity (Wildman–Crippen MR) is 89.1 cm³/mol. The summed E-state index contributed by atoms with van der Waals surface area (Å²) < 4.78 is 5.26. The lowest BCUT2D eigenvalue weighted by Crippen LogP contribution is -2.51. The smallest absolute Gasteiger partial charge is 0.239 e. The molecule has 0 aliphatic carbocycles. The third-order valence-corrected chi connectivity index (χ3v) is 4.75.